The van der Waals surface area contributed by atoms with Crippen molar-refractivity contribution < 1.29 is 4.79 Å². The van der Waals surface area contributed by atoms with Crippen molar-refractivity contribution in [2.75, 3.05) is 6.54 Å². The molecule has 138 valence electrons. The van der Waals surface area contributed by atoms with Gasteiger partial charge < -0.3 is 10.6 Å². The Bertz CT molecular complexity index is 779. The van der Waals surface area contributed by atoms with E-state index >= 15 is 0 Å². The minimum atomic E-state index is -0.133. The Morgan fingerprint density at radius 3 is 1.67 bits per heavy atom. The predicted octanol–water partition coefficient (Wildman–Crippen LogP) is 5.27. The van der Waals surface area contributed by atoms with Crippen molar-refractivity contribution in [3.05, 3.63) is 108 Å². The van der Waals surface area contributed by atoms with Crippen molar-refractivity contribution in [3.8, 4) is 0 Å². The minimum absolute atomic E-state index is 0.0229. The van der Waals surface area contributed by atoms with E-state index < -0.39 is 0 Å². The van der Waals surface area contributed by atoms with Gasteiger partial charge in [-0.3, -0.25) is 0 Å². The Kier molecular flexibility index (Phi) is 6.64. The molecule has 0 aliphatic carbocycles. The lowest BCUT2D eigenvalue weighted by atomic mass is 9.88. The molecule has 3 aromatic rings. The maximum Gasteiger partial charge on any atom is 0.315 e. The largest absolute Gasteiger partial charge is 0.338 e. The topological polar surface area (TPSA) is 41.1 Å². The molecule has 1 atom stereocenters. The summed E-state index contributed by atoms with van der Waals surface area (Å²) in [6.45, 7) is 2.60. The Labute approximate surface area is 161 Å². The summed E-state index contributed by atoms with van der Waals surface area (Å²) >= 11 is 0. The van der Waals surface area contributed by atoms with Gasteiger partial charge in [0.2, 0.25) is 0 Å². The minimum Gasteiger partial charge on any atom is -0.338 e. The molecule has 0 spiro atoms. The summed E-state index contributed by atoms with van der Waals surface area (Å²) in [5.74, 6) is 0.263. The normalized spacial score (nSPS) is 11.8. The standard InChI is InChI=1S/C24H26N2O/c1-19(20-11-5-2-6-12-20)26-24(27)25-18-17-23(21-13-7-3-8-14-21)22-15-9-4-10-16-22/h2-16,19,23H,17-18H2,1H3,(H2,25,26,27)/t19-/m1/s1. The van der Waals surface area contributed by atoms with Crippen molar-refractivity contribution in [3.63, 3.8) is 0 Å². The molecule has 0 aliphatic heterocycles. The Balaban J connectivity index is 1.57. The molecule has 0 aliphatic rings. The number of rotatable bonds is 7. The third-order valence-electron chi connectivity index (χ3n) is 4.77. The molecule has 0 bridgehead atoms. The van der Waals surface area contributed by atoms with Gasteiger partial charge in [-0.2, -0.15) is 0 Å². The lowest BCUT2D eigenvalue weighted by molar-refractivity contribution is 0.237. The molecule has 0 radical (unpaired) electrons. The van der Waals surface area contributed by atoms with Gasteiger partial charge in [-0.1, -0.05) is 91.0 Å². The van der Waals surface area contributed by atoms with Crippen LogP contribution in [0.25, 0.3) is 0 Å². The van der Waals surface area contributed by atoms with Gasteiger partial charge in [0.15, 0.2) is 0 Å². The molecule has 0 saturated carbocycles. The Morgan fingerprint density at radius 2 is 1.19 bits per heavy atom. The molecule has 0 heterocycles. The van der Waals surface area contributed by atoms with Crippen molar-refractivity contribution in [2.24, 2.45) is 0 Å². The van der Waals surface area contributed by atoms with Crippen molar-refractivity contribution in [2.45, 2.75) is 25.3 Å². The molecule has 2 amide bonds. The second kappa shape index (κ2) is 9.58. The van der Waals surface area contributed by atoms with Crippen LogP contribution < -0.4 is 10.6 Å². The highest BCUT2D eigenvalue weighted by Crippen LogP contribution is 2.27. The summed E-state index contributed by atoms with van der Waals surface area (Å²) in [5.41, 5.74) is 3.63. The van der Waals surface area contributed by atoms with E-state index in [1.165, 1.54) is 11.1 Å². The van der Waals surface area contributed by atoms with Crippen LogP contribution in [0.5, 0.6) is 0 Å². The van der Waals surface area contributed by atoms with E-state index in [0.29, 0.717) is 6.54 Å². The lowest BCUT2D eigenvalue weighted by Crippen LogP contribution is -2.37. The number of carbonyl (C=O) groups is 1. The van der Waals surface area contributed by atoms with Gasteiger partial charge in [0.25, 0.3) is 0 Å². The third-order valence-corrected chi connectivity index (χ3v) is 4.77. The second-order valence-corrected chi connectivity index (χ2v) is 6.70. The number of amides is 2. The number of benzene rings is 3. The van der Waals surface area contributed by atoms with E-state index in [2.05, 4.69) is 59.2 Å². The first-order valence-corrected chi connectivity index (χ1v) is 9.43. The van der Waals surface area contributed by atoms with Crippen LogP contribution in [0.15, 0.2) is 91.0 Å². The molecule has 0 unspecified atom stereocenters. The predicted molar refractivity (Wildman–Crippen MR) is 111 cm³/mol. The summed E-state index contributed by atoms with van der Waals surface area (Å²) in [6, 6.07) is 30.7. The third kappa shape index (κ3) is 5.45. The van der Waals surface area contributed by atoms with Gasteiger partial charge in [-0.15, -0.1) is 0 Å². The SMILES string of the molecule is C[C@@H](NC(=O)NCCC(c1ccccc1)c1ccccc1)c1ccccc1. The Morgan fingerprint density at radius 1 is 0.741 bits per heavy atom. The summed E-state index contributed by atoms with van der Waals surface area (Å²) in [4.78, 5) is 12.3. The van der Waals surface area contributed by atoms with Gasteiger partial charge >= 0.3 is 6.03 Å². The molecule has 27 heavy (non-hydrogen) atoms. The van der Waals surface area contributed by atoms with E-state index in [-0.39, 0.29) is 18.0 Å². The highest BCUT2D eigenvalue weighted by Gasteiger charge is 2.14. The van der Waals surface area contributed by atoms with Gasteiger partial charge in [0, 0.05) is 12.5 Å². The zero-order valence-corrected chi connectivity index (χ0v) is 15.6. The van der Waals surface area contributed by atoms with E-state index in [9.17, 15) is 4.79 Å². The van der Waals surface area contributed by atoms with Gasteiger partial charge in [-0.05, 0) is 30.0 Å². The number of nitrogens with one attached hydrogen (secondary N) is 2. The molecule has 3 heteroatoms. The van der Waals surface area contributed by atoms with Crippen LogP contribution >= 0.6 is 0 Å². The fourth-order valence-corrected chi connectivity index (χ4v) is 3.30. The molecule has 2 N–H and O–H groups in total. The average Bonchev–Trinajstić information content (AvgIpc) is 2.73. The number of hydrogen-bond acceptors (Lipinski definition) is 1. The molecule has 3 aromatic carbocycles. The van der Waals surface area contributed by atoms with Crippen LogP contribution in [0, 0.1) is 0 Å². The summed E-state index contributed by atoms with van der Waals surface area (Å²) in [7, 11) is 0. The highest BCUT2D eigenvalue weighted by molar-refractivity contribution is 5.74. The first-order valence-electron chi connectivity index (χ1n) is 9.43. The first kappa shape index (κ1) is 18.7. The zero-order chi connectivity index (χ0) is 18.9. The van der Waals surface area contributed by atoms with E-state index in [1.54, 1.807) is 0 Å². The number of urea groups is 1. The van der Waals surface area contributed by atoms with E-state index in [1.807, 2.05) is 49.4 Å². The van der Waals surface area contributed by atoms with Crippen LogP contribution in [0.4, 0.5) is 4.79 Å². The maximum atomic E-state index is 12.3. The zero-order valence-electron chi connectivity index (χ0n) is 15.6. The van der Waals surface area contributed by atoms with Crippen LogP contribution in [0.2, 0.25) is 0 Å². The first-order chi connectivity index (χ1) is 13.2. The molecule has 0 saturated heterocycles. The summed E-state index contributed by atoms with van der Waals surface area (Å²) < 4.78 is 0. The lowest BCUT2D eigenvalue weighted by Gasteiger charge is -2.19. The van der Waals surface area contributed by atoms with Gasteiger partial charge in [0.05, 0.1) is 6.04 Å². The van der Waals surface area contributed by atoms with E-state index in [0.717, 1.165) is 12.0 Å². The molecule has 0 fully saturated rings. The quantitative estimate of drug-likeness (QED) is 0.593. The molecular weight excluding hydrogens is 332 g/mol. The molecule has 0 aromatic heterocycles. The van der Waals surface area contributed by atoms with Crippen molar-refractivity contribution in [1.29, 1.82) is 0 Å². The second-order valence-electron chi connectivity index (χ2n) is 6.70. The van der Waals surface area contributed by atoms with Crippen LogP contribution in [0.1, 0.15) is 42.0 Å². The van der Waals surface area contributed by atoms with Gasteiger partial charge in [0.1, 0.15) is 0 Å². The average molecular weight is 358 g/mol. The summed E-state index contributed by atoms with van der Waals surface area (Å²) in [6.07, 6.45) is 0.848. The fraction of sp³-hybridized carbons (Fsp3) is 0.208. The summed E-state index contributed by atoms with van der Waals surface area (Å²) in [5, 5.41) is 6.00. The number of carbonyl (C=O) groups excluding carboxylic acids is 1. The number of hydrogen-bond donors (Lipinski definition) is 2. The van der Waals surface area contributed by atoms with E-state index in [4.69, 9.17) is 0 Å². The fourth-order valence-electron chi connectivity index (χ4n) is 3.30. The maximum absolute atomic E-state index is 12.3. The van der Waals surface area contributed by atoms with Crippen LogP contribution in [0.3, 0.4) is 0 Å². The molecule has 3 nitrogen and oxygen atoms in total. The molecule has 3 rings (SSSR count). The Hall–Kier alpha value is -3.07. The van der Waals surface area contributed by atoms with Crippen molar-refractivity contribution in [1.82, 2.24) is 10.6 Å². The van der Waals surface area contributed by atoms with Crippen molar-refractivity contribution >= 4 is 6.03 Å². The smallest absolute Gasteiger partial charge is 0.315 e. The highest BCUT2D eigenvalue weighted by atomic mass is 16.2. The monoisotopic (exact) mass is 358 g/mol. The molecular formula is C24H26N2O. The van der Waals surface area contributed by atoms with Gasteiger partial charge in [-0.25, -0.2) is 4.79 Å². The van der Waals surface area contributed by atoms with Crippen LogP contribution in [-0.4, -0.2) is 12.6 Å². The van der Waals surface area contributed by atoms with Crippen LogP contribution in [-0.2, 0) is 0 Å².